The second kappa shape index (κ2) is 3.16. The molecule has 1 unspecified atom stereocenters. The van der Waals surface area contributed by atoms with Gasteiger partial charge in [-0.25, -0.2) is 0 Å². The largest absolute Gasteiger partial charge is 0.294 e. The van der Waals surface area contributed by atoms with Gasteiger partial charge in [-0.3, -0.25) is 9.79 Å². The fraction of sp³-hybridized carbons (Fsp3) is 0.231. The quantitative estimate of drug-likeness (QED) is 0.548. The third-order valence-electron chi connectivity index (χ3n) is 3.00. The number of Topliss-reactive ketones (excluding diaryl/α,β-unsaturated/α-hetero) is 1. The van der Waals surface area contributed by atoms with Crippen molar-refractivity contribution >= 4 is 12.0 Å². The molecule has 0 saturated heterocycles. The van der Waals surface area contributed by atoms with Gasteiger partial charge in [-0.2, -0.15) is 0 Å². The summed E-state index contributed by atoms with van der Waals surface area (Å²) in [6.07, 6.45) is 13.6. The highest BCUT2D eigenvalue weighted by molar-refractivity contribution is 6.16. The van der Waals surface area contributed by atoms with Gasteiger partial charge < -0.3 is 0 Å². The molecule has 1 atom stereocenters. The molecule has 2 nitrogen and oxygen atoms in total. The number of hydrogen-bond acceptors (Lipinski definition) is 2. The van der Waals surface area contributed by atoms with Crippen LogP contribution in [0.4, 0.5) is 0 Å². The van der Waals surface area contributed by atoms with Gasteiger partial charge in [0.15, 0.2) is 5.78 Å². The Kier molecular flexibility index (Phi) is 1.81. The fourth-order valence-electron chi connectivity index (χ4n) is 2.24. The first kappa shape index (κ1) is 8.60. The summed E-state index contributed by atoms with van der Waals surface area (Å²) < 4.78 is 0. The summed E-state index contributed by atoms with van der Waals surface area (Å²) in [5.41, 5.74) is 2.99. The van der Waals surface area contributed by atoms with E-state index >= 15 is 0 Å². The Hall–Kier alpha value is -1.70. The average Bonchev–Trinajstić information content (AvgIpc) is 2.29. The van der Waals surface area contributed by atoms with Crippen LogP contribution < -0.4 is 0 Å². The third kappa shape index (κ3) is 1.25. The number of carbonyl (C=O) groups excluding carboxylic acids is 1. The lowest BCUT2D eigenvalue weighted by atomic mass is 9.82. The molecule has 0 amide bonds. The number of allylic oxidation sites excluding steroid dienone is 6. The van der Waals surface area contributed by atoms with Gasteiger partial charge in [0.25, 0.3) is 0 Å². The number of hydrogen-bond donors (Lipinski definition) is 0. The summed E-state index contributed by atoms with van der Waals surface area (Å²) in [4.78, 5) is 16.0. The first-order valence-corrected chi connectivity index (χ1v) is 5.21. The van der Waals surface area contributed by atoms with Gasteiger partial charge in [-0.15, -0.1) is 0 Å². The molecular formula is C13H11NO. The smallest absolute Gasteiger partial charge is 0.168 e. The highest BCUT2D eigenvalue weighted by Gasteiger charge is 2.27. The minimum absolute atomic E-state index is 0.189. The normalized spacial score (nSPS) is 27.6. The van der Waals surface area contributed by atoms with Gasteiger partial charge in [0.05, 0.1) is 0 Å². The lowest BCUT2D eigenvalue weighted by Gasteiger charge is -2.25. The maximum Gasteiger partial charge on any atom is 0.168 e. The summed E-state index contributed by atoms with van der Waals surface area (Å²) in [7, 11) is 0. The van der Waals surface area contributed by atoms with Gasteiger partial charge in [0.1, 0.15) is 0 Å². The molecule has 3 aliphatic rings. The Balaban J connectivity index is 2.13. The van der Waals surface area contributed by atoms with Crippen molar-refractivity contribution in [1.82, 2.24) is 0 Å². The fourth-order valence-corrected chi connectivity index (χ4v) is 2.24. The summed E-state index contributed by atoms with van der Waals surface area (Å²) in [6.45, 7) is 0. The highest BCUT2D eigenvalue weighted by Crippen LogP contribution is 2.34. The van der Waals surface area contributed by atoms with Crippen LogP contribution in [0, 0.1) is 5.92 Å². The van der Waals surface area contributed by atoms with Crippen LogP contribution in [0.1, 0.15) is 12.8 Å². The minimum atomic E-state index is 0.189. The number of nitrogens with zero attached hydrogens (tertiary/aromatic N) is 1. The van der Waals surface area contributed by atoms with Crippen LogP contribution in [-0.2, 0) is 4.79 Å². The van der Waals surface area contributed by atoms with Crippen molar-refractivity contribution in [2.24, 2.45) is 10.9 Å². The highest BCUT2D eigenvalue weighted by atomic mass is 16.1. The van der Waals surface area contributed by atoms with E-state index in [4.69, 9.17) is 0 Å². The average molecular weight is 197 g/mol. The molecule has 0 spiro atoms. The first-order chi connectivity index (χ1) is 7.36. The standard InChI is InChI=1S/C13H11NO/c15-13-7-3-5-9-10-4-1-2-6-12(10)14-8-11(9)13/h1,3-6,8,10H,2,7H2. The van der Waals surface area contributed by atoms with E-state index in [1.54, 1.807) is 6.21 Å². The van der Waals surface area contributed by atoms with Crippen molar-refractivity contribution in [3.05, 3.63) is 47.2 Å². The molecule has 3 rings (SSSR count). The predicted octanol–water partition coefficient (Wildman–Crippen LogP) is 2.36. The van der Waals surface area contributed by atoms with Gasteiger partial charge >= 0.3 is 0 Å². The Bertz CT molecular complexity index is 475. The monoisotopic (exact) mass is 197 g/mol. The lowest BCUT2D eigenvalue weighted by Crippen LogP contribution is -2.19. The Morgan fingerprint density at radius 1 is 1.33 bits per heavy atom. The van der Waals surface area contributed by atoms with Crippen LogP contribution >= 0.6 is 0 Å². The van der Waals surface area contributed by atoms with Crippen molar-refractivity contribution in [2.75, 3.05) is 0 Å². The second-order valence-electron chi connectivity index (χ2n) is 3.93. The number of fused-ring (bicyclic) bond motifs is 2. The SMILES string of the molecule is O=C1CC=CC2=C1C=NC1=CCC=CC12. The molecule has 0 aromatic rings. The van der Waals surface area contributed by atoms with Crippen LogP contribution in [-0.4, -0.2) is 12.0 Å². The summed E-state index contributed by atoms with van der Waals surface area (Å²) in [6, 6.07) is 0. The molecule has 1 aliphatic heterocycles. The molecule has 1 heterocycles. The molecule has 74 valence electrons. The van der Waals surface area contributed by atoms with Gasteiger partial charge in [-0.1, -0.05) is 30.4 Å². The van der Waals surface area contributed by atoms with E-state index in [0.717, 1.165) is 23.3 Å². The van der Waals surface area contributed by atoms with Crippen LogP contribution in [0.5, 0.6) is 0 Å². The van der Waals surface area contributed by atoms with Crippen molar-refractivity contribution < 1.29 is 4.79 Å². The van der Waals surface area contributed by atoms with Crippen molar-refractivity contribution in [1.29, 1.82) is 0 Å². The van der Waals surface area contributed by atoms with Crippen LogP contribution in [0.2, 0.25) is 0 Å². The minimum Gasteiger partial charge on any atom is -0.294 e. The van der Waals surface area contributed by atoms with Gasteiger partial charge in [0, 0.05) is 29.8 Å². The molecule has 0 aromatic carbocycles. The summed E-state index contributed by atoms with van der Waals surface area (Å²) in [5.74, 6) is 0.397. The molecule has 0 bridgehead atoms. The third-order valence-corrected chi connectivity index (χ3v) is 3.00. The molecule has 2 heteroatoms. The number of carbonyl (C=O) groups is 1. The maximum absolute atomic E-state index is 11.7. The molecule has 0 aromatic heterocycles. The number of rotatable bonds is 0. The molecule has 0 saturated carbocycles. The van der Waals surface area contributed by atoms with Crippen molar-refractivity contribution in [2.45, 2.75) is 12.8 Å². The van der Waals surface area contributed by atoms with E-state index in [0.29, 0.717) is 6.42 Å². The number of aliphatic imine (C=N–C) groups is 1. The number of ketones is 1. The van der Waals surface area contributed by atoms with Crippen LogP contribution in [0.15, 0.2) is 52.2 Å². The van der Waals surface area contributed by atoms with E-state index in [2.05, 4.69) is 29.3 Å². The van der Waals surface area contributed by atoms with E-state index in [1.165, 1.54) is 0 Å². The van der Waals surface area contributed by atoms with Crippen LogP contribution in [0.25, 0.3) is 0 Å². The zero-order valence-electron chi connectivity index (χ0n) is 8.31. The topological polar surface area (TPSA) is 29.4 Å². The zero-order valence-corrected chi connectivity index (χ0v) is 8.31. The van der Waals surface area contributed by atoms with E-state index in [-0.39, 0.29) is 11.7 Å². The van der Waals surface area contributed by atoms with Crippen molar-refractivity contribution in [3.8, 4) is 0 Å². The van der Waals surface area contributed by atoms with Crippen molar-refractivity contribution in [3.63, 3.8) is 0 Å². The Morgan fingerprint density at radius 3 is 3.20 bits per heavy atom. The number of dihydropyridines is 1. The summed E-state index contributed by atoms with van der Waals surface area (Å²) >= 11 is 0. The molecule has 0 fully saturated rings. The van der Waals surface area contributed by atoms with Gasteiger partial charge in [0.2, 0.25) is 0 Å². The Labute approximate surface area is 88.4 Å². The second-order valence-corrected chi connectivity index (χ2v) is 3.93. The van der Waals surface area contributed by atoms with E-state index < -0.39 is 0 Å². The zero-order chi connectivity index (χ0) is 10.3. The first-order valence-electron chi connectivity index (χ1n) is 5.21. The summed E-state index contributed by atoms with van der Waals surface area (Å²) in [5, 5.41) is 0. The molecule has 15 heavy (non-hydrogen) atoms. The maximum atomic E-state index is 11.7. The van der Waals surface area contributed by atoms with E-state index in [9.17, 15) is 4.79 Å². The Morgan fingerprint density at radius 2 is 2.27 bits per heavy atom. The van der Waals surface area contributed by atoms with Crippen LogP contribution in [0.3, 0.4) is 0 Å². The predicted molar refractivity (Wildman–Crippen MR) is 59.6 cm³/mol. The van der Waals surface area contributed by atoms with Gasteiger partial charge in [-0.05, 0) is 12.0 Å². The molecular weight excluding hydrogens is 186 g/mol. The molecule has 0 radical (unpaired) electrons. The lowest BCUT2D eigenvalue weighted by molar-refractivity contribution is -0.114. The molecule has 2 aliphatic carbocycles. The molecule has 0 N–H and O–H groups in total. The van der Waals surface area contributed by atoms with E-state index in [1.807, 2.05) is 6.08 Å².